The van der Waals surface area contributed by atoms with Gasteiger partial charge in [-0.25, -0.2) is 0 Å². The zero-order valence-electron chi connectivity index (χ0n) is 10.3. The summed E-state index contributed by atoms with van der Waals surface area (Å²) >= 11 is 1.65. The largest absolute Gasteiger partial charge is 0.278 e. The van der Waals surface area contributed by atoms with Crippen molar-refractivity contribution in [3.63, 3.8) is 0 Å². The van der Waals surface area contributed by atoms with Crippen molar-refractivity contribution < 1.29 is 9.59 Å². The second-order valence-electron chi connectivity index (χ2n) is 4.51. The lowest BCUT2D eigenvalue weighted by Crippen LogP contribution is -2.43. The van der Waals surface area contributed by atoms with E-state index in [9.17, 15) is 9.59 Å². The summed E-state index contributed by atoms with van der Waals surface area (Å²) in [6.45, 7) is 0.465. The first-order chi connectivity index (χ1) is 9.25. The molecule has 96 valence electrons. The van der Waals surface area contributed by atoms with Crippen molar-refractivity contribution >= 4 is 23.2 Å². The summed E-state index contributed by atoms with van der Waals surface area (Å²) in [6, 6.07) is 11.3. The summed E-state index contributed by atoms with van der Waals surface area (Å²) < 4.78 is 0. The lowest BCUT2D eigenvalue weighted by Gasteiger charge is -2.26. The van der Waals surface area contributed by atoms with Crippen molar-refractivity contribution in [2.45, 2.75) is 12.8 Å². The number of carbonyl (C=O) groups is 2. The molecule has 0 aliphatic carbocycles. The van der Waals surface area contributed by atoms with E-state index in [0.717, 1.165) is 12.0 Å². The smallest absolute Gasteiger partial charge is 0.260 e. The van der Waals surface area contributed by atoms with Crippen LogP contribution in [-0.4, -0.2) is 23.3 Å². The molecule has 1 aliphatic heterocycles. The fourth-order valence-corrected chi connectivity index (χ4v) is 3.00. The molecule has 0 saturated carbocycles. The van der Waals surface area contributed by atoms with E-state index in [1.54, 1.807) is 17.4 Å². The zero-order chi connectivity index (χ0) is 13.2. The van der Waals surface area contributed by atoms with Crippen molar-refractivity contribution in [2.24, 2.45) is 0 Å². The number of rotatable bonds is 3. The molecule has 0 N–H and O–H groups in total. The summed E-state index contributed by atoms with van der Waals surface area (Å²) in [4.78, 5) is 26.9. The Bertz CT molecular complexity index is 619. The van der Waals surface area contributed by atoms with Crippen LogP contribution in [0.2, 0.25) is 0 Å². The molecule has 2 amide bonds. The molecule has 1 aromatic carbocycles. The Morgan fingerprint density at radius 3 is 2.74 bits per heavy atom. The van der Waals surface area contributed by atoms with Gasteiger partial charge in [0.2, 0.25) is 5.91 Å². The molecule has 0 radical (unpaired) electrons. The lowest BCUT2D eigenvalue weighted by molar-refractivity contribution is -0.128. The van der Waals surface area contributed by atoms with Crippen molar-refractivity contribution in [1.82, 2.24) is 4.90 Å². The summed E-state index contributed by atoms with van der Waals surface area (Å²) in [5.74, 6) is -0.260. The van der Waals surface area contributed by atoms with E-state index < -0.39 is 0 Å². The molecule has 1 aromatic heterocycles. The van der Waals surface area contributed by atoms with E-state index in [2.05, 4.69) is 0 Å². The van der Waals surface area contributed by atoms with Gasteiger partial charge in [0.1, 0.15) is 0 Å². The molecule has 0 bridgehead atoms. The van der Waals surface area contributed by atoms with E-state index in [1.165, 1.54) is 9.78 Å². The molecule has 2 heterocycles. The molecular formula is C15H13NO2S. The molecule has 3 nitrogen and oxygen atoms in total. The van der Waals surface area contributed by atoms with Gasteiger partial charge in [-0.15, -0.1) is 11.3 Å². The third kappa shape index (κ3) is 2.31. The Labute approximate surface area is 115 Å². The quantitative estimate of drug-likeness (QED) is 0.804. The van der Waals surface area contributed by atoms with Gasteiger partial charge < -0.3 is 0 Å². The number of benzene rings is 1. The highest BCUT2D eigenvalue weighted by atomic mass is 32.1. The van der Waals surface area contributed by atoms with Crippen molar-refractivity contribution in [1.29, 1.82) is 0 Å². The third-order valence-electron chi connectivity index (χ3n) is 3.30. The van der Waals surface area contributed by atoms with Crippen LogP contribution in [0.25, 0.3) is 0 Å². The predicted molar refractivity (Wildman–Crippen MR) is 74.2 cm³/mol. The van der Waals surface area contributed by atoms with Crippen molar-refractivity contribution in [2.75, 3.05) is 6.54 Å². The summed E-state index contributed by atoms with van der Waals surface area (Å²) in [6.07, 6.45) is 1.06. The number of hydrogen-bond donors (Lipinski definition) is 0. The minimum Gasteiger partial charge on any atom is -0.278 e. The van der Waals surface area contributed by atoms with Gasteiger partial charge in [-0.2, -0.15) is 0 Å². The van der Waals surface area contributed by atoms with Crippen LogP contribution >= 0.6 is 11.3 Å². The van der Waals surface area contributed by atoms with Crippen LogP contribution in [-0.2, 0) is 17.6 Å². The fraction of sp³-hybridized carbons (Fsp3) is 0.200. The number of thiophene rings is 1. The SMILES string of the molecule is O=C1Cc2ccccc2C(=O)N1CCc1cccs1. The summed E-state index contributed by atoms with van der Waals surface area (Å²) in [7, 11) is 0. The van der Waals surface area contributed by atoms with Crippen LogP contribution in [0, 0.1) is 0 Å². The maximum atomic E-state index is 12.3. The maximum Gasteiger partial charge on any atom is 0.260 e. The van der Waals surface area contributed by atoms with E-state index >= 15 is 0 Å². The van der Waals surface area contributed by atoms with Crippen LogP contribution in [0.5, 0.6) is 0 Å². The van der Waals surface area contributed by atoms with Crippen LogP contribution in [0.4, 0.5) is 0 Å². The van der Waals surface area contributed by atoms with Crippen molar-refractivity contribution in [3.8, 4) is 0 Å². The molecule has 19 heavy (non-hydrogen) atoms. The Kier molecular flexibility index (Phi) is 3.17. The van der Waals surface area contributed by atoms with Gasteiger partial charge in [-0.05, 0) is 29.5 Å². The third-order valence-corrected chi connectivity index (χ3v) is 4.23. The molecule has 0 atom stereocenters. The molecule has 3 rings (SSSR count). The maximum absolute atomic E-state index is 12.3. The second kappa shape index (κ2) is 4.97. The van der Waals surface area contributed by atoms with Gasteiger partial charge in [-0.1, -0.05) is 24.3 Å². The number of amides is 2. The summed E-state index contributed by atoms with van der Waals surface area (Å²) in [5.41, 5.74) is 1.50. The highest BCUT2D eigenvalue weighted by Crippen LogP contribution is 2.20. The first-order valence-corrected chi connectivity index (χ1v) is 7.08. The van der Waals surface area contributed by atoms with Gasteiger partial charge in [0.25, 0.3) is 5.91 Å². The van der Waals surface area contributed by atoms with Gasteiger partial charge in [0.15, 0.2) is 0 Å². The minimum atomic E-state index is -0.164. The number of imide groups is 1. The van der Waals surface area contributed by atoms with Crippen molar-refractivity contribution in [3.05, 3.63) is 57.8 Å². The molecule has 0 saturated heterocycles. The molecule has 0 unspecified atom stereocenters. The molecule has 4 heteroatoms. The Hall–Kier alpha value is -1.94. The molecule has 2 aromatic rings. The topological polar surface area (TPSA) is 37.4 Å². The number of fused-ring (bicyclic) bond motifs is 1. The van der Waals surface area contributed by atoms with E-state index in [0.29, 0.717) is 18.5 Å². The lowest BCUT2D eigenvalue weighted by atomic mass is 9.98. The standard InChI is InChI=1S/C15H13NO2S/c17-14-10-11-4-1-2-6-13(11)15(18)16(14)8-7-12-5-3-9-19-12/h1-6,9H,7-8,10H2. The Morgan fingerprint density at radius 1 is 1.11 bits per heavy atom. The molecule has 0 spiro atoms. The number of carbonyl (C=O) groups excluding carboxylic acids is 2. The van der Waals surface area contributed by atoms with E-state index in [1.807, 2.05) is 35.7 Å². The van der Waals surface area contributed by atoms with E-state index in [-0.39, 0.29) is 11.8 Å². The highest BCUT2D eigenvalue weighted by Gasteiger charge is 2.30. The predicted octanol–water partition coefficient (Wildman–Crippen LogP) is 2.52. The minimum absolute atomic E-state index is 0.0970. The Morgan fingerprint density at radius 2 is 1.95 bits per heavy atom. The molecule has 1 aliphatic rings. The highest BCUT2D eigenvalue weighted by molar-refractivity contribution is 7.09. The molecular weight excluding hydrogens is 258 g/mol. The number of nitrogens with zero attached hydrogens (tertiary/aromatic N) is 1. The van der Waals surface area contributed by atoms with E-state index in [4.69, 9.17) is 0 Å². The average Bonchev–Trinajstić information content (AvgIpc) is 2.92. The summed E-state index contributed by atoms with van der Waals surface area (Å²) in [5, 5.41) is 2.00. The van der Waals surface area contributed by atoms with Gasteiger partial charge in [-0.3, -0.25) is 14.5 Å². The van der Waals surface area contributed by atoms with Crippen LogP contribution in [0.3, 0.4) is 0 Å². The monoisotopic (exact) mass is 271 g/mol. The second-order valence-corrected chi connectivity index (χ2v) is 5.55. The van der Waals surface area contributed by atoms with Crippen LogP contribution in [0.1, 0.15) is 20.8 Å². The average molecular weight is 271 g/mol. The van der Waals surface area contributed by atoms with Gasteiger partial charge in [0.05, 0.1) is 6.42 Å². The Balaban J connectivity index is 1.79. The van der Waals surface area contributed by atoms with Crippen LogP contribution in [0.15, 0.2) is 41.8 Å². The first kappa shape index (κ1) is 12.1. The van der Waals surface area contributed by atoms with Crippen LogP contribution < -0.4 is 0 Å². The normalized spacial score (nSPS) is 14.6. The fourth-order valence-electron chi connectivity index (χ4n) is 2.30. The number of hydrogen-bond acceptors (Lipinski definition) is 3. The first-order valence-electron chi connectivity index (χ1n) is 6.20. The van der Waals surface area contributed by atoms with Gasteiger partial charge in [0, 0.05) is 17.0 Å². The van der Waals surface area contributed by atoms with Gasteiger partial charge >= 0.3 is 0 Å². The molecule has 0 fully saturated rings. The zero-order valence-corrected chi connectivity index (χ0v) is 11.2.